The van der Waals surface area contributed by atoms with E-state index in [-0.39, 0.29) is 18.8 Å². The predicted octanol–water partition coefficient (Wildman–Crippen LogP) is 1.85. The molecular formula is C18H17FN6O4. The van der Waals surface area contributed by atoms with Crippen LogP contribution in [-0.4, -0.2) is 55.6 Å². The van der Waals surface area contributed by atoms with Crippen LogP contribution in [0, 0.1) is 5.82 Å². The van der Waals surface area contributed by atoms with E-state index in [1.54, 1.807) is 35.4 Å². The number of amides is 2. The third kappa shape index (κ3) is 4.03. The minimum Gasteiger partial charge on any atom is -0.465 e. The van der Waals surface area contributed by atoms with Gasteiger partial charge in [-0.15, -0.1) is 0 Å². The lowest BCUT2D eigenvalue weighted by Gasteiger charge is -2.14. The summed E-state index contributed by atoms with van der Waals surface area (Å²) in [5.74, 6) is -0.533. The highest BCUT2D eigenvalue weighted by Crippen LogP contribution is 2.25. The molecule has 1 fully saturated rings. The van der Waals surface area contributed by atoms with Crippen LogP contribution in [0.25, 0.3) is 5.69 Å². The van der Waals surface area contributed by atoms with Gasteiger partial charge in [0, 0.05) is 18.6 Å². The largest absolute Gasteiger partial charge is 0.465 e. The number of nitrogens with zero attached hydrogens (tertiary/aromatic N) is 5. The van der Waals surface area contributed by atoms with Crippen molar-refractivity contribution in [1.29, 1.82) is 0 Å². The van der Waals surface area contributed by atoms with Gasteiger partial charge in [-0.05, 0) is 18.2 Å². The van der Waals surface area contributed by atoms with Crippen LogP contribution in [0.5, 0.6) is 0 Å². The van der Waals surface area contributed by atoms with Crippen molar-refractivity contribution in [2.24, 2.45) is 0 Å². The fraction of sp³-hybridized carbons (Fsp3) is 0.222. The first kappa shape index (κ1) is 18.5. The Labute approximate surface area is 164 Å². The molecule has 4 rings (SSSR count). The molecule has 2 N–H and O–H groups in total. The van der Waals surface area contributed by atoms with Gasteiger partial charge in [0.2, 0.25) is 0 Å². The van der Waals surface area contributed by atoms with Gasteiger partial charge in [-0.2, -0.15) is 0 Å². The van der Waals surface area contributed by atoms with E-state index < -0.39 is 24.1 Å². The summed E-state index contributed by atoms with van der Waals surface area (Å²) in [6, 6.07) is 4.38. The molecule has 1 unspecified atom stereocenters. The normalized spacial score (nSPS) is 16.1. The fourth-order valence-corrected chi connectivity index (χ4v) is 3.06. The zero-order valence-electron chi connectivity index (χ0n) is 15.1. The van der Waals surface area contributed by atoms with Crippen LogP contribution >= 0.6 is 0 Å². The predicted molar refractivity (Wildman–Crippen MR) is 98.5 cm³/mol. The number of hydrogen-bond acceptors (Lipinski definition) is 5. The van der Waals surface area contributed by atoms with Crippen molar-refractivity contribution in [3.63, 3.8) is 0 Å². The van der Waals surface area contributed by atoms with Crippen molar-refractivity contribution < 1.29 is 23.8 Å². The Morgan fingerprint density at radius 3 is 2.97 bits per heavy atom. The number of benzene rings is 1. The maximum Gasteiger partial charge on any atom is 0.414 e. The van der Waals surface area contributed by atoms with Crippen LogP contribution in [-0.2, 0) is 11.3 Å². The standard InChI is InChI=1S/C18H17FN6O4/c19-15-5-13(25-9-14(29-18(25)28)6-21-17(26)27)1-2-16(15)24-8-12(22-11-24)7-23-4-3-20-10-23/h1-5,8,10-11,14,21H,6-7,9H2,(H,26,27). The van der Waals surface area contributed by atoms with Crippen LogP contribution < -0.4 is 10.2 Å². The van der Waals surface area contributed by atoms with E-state index in [0.717, 1.165) is 5.69 Å². The second kappa shape index (κ2) is 7.62. The molecule has 150 valence electrons. The number of imidazole rings is 2. The highest BCUT2D eigenvalue weighted by molar-refractivity contribution is 5.90. The quantitative estimate of drug-likeness (QED) is 0.653. The topological polar surface area (TPSA) is 115 Å². The van der Waals surface area contributed by atoms with Crippen LogP contribution in [0.1, 0.15) is 5.69 Å². The van der Waals surface area contributed by atoms with E-state index in [4.69, 9.17) is 9.84 Å². The number of nitrogens with one attached hydrogen (secondary N) is 1. The van der Waals surface area contributed by atoms with Gasteiger partial charge in [-0.25, -0.2) is 23.9 Å². The molecule has 10 nitrogen and oxygen atoms in total. The molecule has 1 saturated heterocycles. The van der Waals surface area contributed by atoms with Gasteiger partial charge in [-0.3, -0.25) is 4.90 Å². The van der Waals surface area contributed by atoms with Crippen molar-refractivity contribution in [3.8, 4) is 5.69 Å². The minimum absolute atomic E-state index is 0.0349. The van der Waals surface area contributed by atoms with Crippen LogP contribution in [0.15, 0.2) is 49.4 Å². The first-order valence-electron chi connectivity index (χ1n) is 8.73. The van der Waals surface area contributed by atoms with Crippen molar-refractivity contribution in [2.45, 2.75) is 12.6 Å². The molecule has 1 aliphatic heterocycles. The smallest absolute Gasteiger partial charge is 0.414 e. The monoisotopic (exact) mass is 400 g/mol. The third-order valence-electron chi connectivity index (χ3n) is 4.42. The lowest BCUT2D eigenvalue weighted by molar-refractivity contribution is 0.136. The Bertz CT molecular complexity index is 1030. The van der Waals surface area contributed by atoms with Crippen molar-refractivity contribution in [3.05, 3.63) is 61.0 Å². The minimum atomic E-state index is -1.21. The van der Waals surface area contributed by atoms with Gasteiger partial charge < -0.3 is 24.3 Å². The van der Waals surface area contributed by atoms with Gasteiger partial charge in [-0.1, -0.05) is 0 Å². The fourth-order valence-electron chi connectivity index (χ4n) is 3.06. The molecule has 29 heavy (non-hydrogen) atoms. The lowest BCUT2D eigenvalue weighted by atomic mass is 10.2. The van der Waals surface area contributed by atoms with E-state index in [2.05, 4.69) is 15.3 Å². The number of ether oxygens (including phenoxy) is 1. The molecule has 1 aromatic carbocycles. The van der Waals surface area contributed by atoms with Crippen molar-refractivity contribution in [1.82, 2.24) is 24.4 Å². The van der Waals surface area contributed by atoms with E-state index in [0.29, 0.717) is 12.2 Å². The van der Waals surface area contributed by atoms with Gasteiger partial charge in [0.1, 0.15) is 11.9 Å². The zero-order chi connectivity index (χ0) is 20.4. The summed E-state index contributed by atoms with van der Waals surface area (Å²) in [6.07, 6.45) is 5.88. The molecule has 1 aliphatic rings. The molecule has 0 bridgehead atoms. The second-order valence-electron chi connectivity index (χ2n) is 6.45. The molecule has 0 aliphatic carbocycles. The average Bonchev–Trinajstić information content (AvgIpc) is 3.42. The van der Waals surface area contributed by atoms with E-state index in [1.807, 2.05) is 10.8 Å². The number of cyclic esters (lactones) is 1. The number of rotatable bonds is 6. The SMILES string of the molecule is O=C(O)NCC1CN(c2ccc(-n3cnc(Cn4ccnc4)c3)c(F)c2)C(=O)O1. The first-order valence-corrected chi connectivity index (χ1v) is 8.73. The Morgan fingerprint density at radius 1 is 1.38 bits per heavy atom. The molecule has 2 amide bonds. The van der Waals surface area contributed by atoms with Crippen molar-refractivity contribution >= 4 is 17.9 Å². The zero-order valence-corrected chi connectivity index (χ0v) is 15.1. The molecule has 0 radical (unpaired) electrons. The molecule has 11 heteroatoms. The van der Waals surface area contributed by atoms with Gasteiger partial charge in [0.25, 0.3) is 0 Å². The summed E-state index contributed by atoms with van der Waals surface area (Å²) in [6.45, 7) is 0.600. The Balaban J connectivity index is 1.48. The van der Waals surface area contributed by atoms with Gasteiger partial charge in [0.05, 0.1) is 49.4 Å². The average molecular weight is 400 g/mol. The van der Waals surface area contributed by atoms with Crippen LogP contribution in [0.4, 0.5) is 19.7 Å². The summed E-state index contributed by atoms with van der Waals surface area (Å²) < 4.78 is 23.2. The number of hydrogen-bond donors (Lipinski definition) is 2. The highest BCUT2D eigenvalue weighted by atomic mass is 19.1. The summed E-state index contributed by atoms with van der Waals surface area (Å²) in [7, 11) is 0. The number of anilines is 1. The summed E-state index contributed by atoms with van der Waals surface area (Å²) >= 11 is 0. The van der Waals surface area contributed by atoms with E-state index in [1.165, 1.54) is 17.3 Å². The Hall–Kier alpha value is -3.89. The third-order valence-corrected chi connectivity index (χ3v) is 4.42. The van der Waals surface area contributed by atoms with Crippen LogP contribution in [0.2, 0.25) is 0 Å². The maximum atomic E-state index is 14.7. The van der Waals surface area contributed by atoms with Gasteiger partial charge in [0.15, 0.2) is 0 Å². The highest BCUT2D eigenvalue weighted by Gasteiger charge is 2.32. The number of carboxylic acid groups (broad SMARTS) is 1. The molecule has 1 atom stereocenters. The van der Waals surface area contributed by atoms with Gasteiger partial charge >= 0.3 is 12.2 Å². The summed E-state index contributed by atoms with van der Waals surface area (Å²) in [5, 5.41) is 10.8. The summed E-state index contributed by atoms with van der Waals surface area (Å²) in [4.78, 5) is 32.1. The number of carbonyl (C=O) groups excluding carboxylic acids is 1. The number of aromatic nitrogens is 4. The van der Waals surface area contributed by atoms with E-state index >= 15 is 0 Å². The molecule has 0 spiro atoms. The first-order chi connectivity index (χ1) is 14.0. The molecule has 2 aromatic heterocycles. The Kier molecular flexibility index (Phi) is 4.85. The number of halogens is 1. The van der Waals surface area contributed by atoms with E-state index in [9.17, 15) is 14.0 Å². The van der Waals surface area contributed by atoms with Crippen LogP contribution in [0.3, 0.4) is 0 Å². The number of carbonyl (C=O) groups is 2. The molecule has 3 heterocycles. The molecule has 3 aromatic rings. The van der Waals surface area contributed by atoms with Crippen molar-refractivity contribution in [2.75, 3.05) is 18.0 Å². The molecular weight excluding hydrogens is 383 g/mol. The summed E-state index contributed by atoms with van der Waals surface area (Å²) in [5.41, 5.74) is 1.35. The maximum absolute atomic E-state index is 14.7. The lowest BCUT2D eigenvalue weighted by Crippen LogP contribution is -2.33. The Morgan fingerprint density at radius 2 is 2.24 bits per heavy atom. The molecule has 0 saturated carbocycles. The second-order valence-corrected chi connectivity index (χ2v) is 6.45.